The minimum absolute atomic E-state index is 0.302. The Hall–Kier alpha value is -0.120. The van der Waals surface area contributed by atoms with Gasteiger partial charge in [0.15, 0.2) is 0 Å². The smallest absolute Gasteiger partial charge is 0.0585 e. The highest BCUT2D eigenvalue weighted by Crippen LogP contribution is 2.36. The summed E-state index contributed by atoms with van der Waals surface area (Å²) in [5.74, 6) is 2.01. The molecule has 19 heavy (non-hydrogen) atoms. The van der Waals surface area contributed by atoms with Gasteiger partial charge in [-0.15, -0.1) is 0 Å². The van der Waals surface area contributed by atoms with Crippen molar-refractivity contribution in [3.8, 4) is 0 Å². The second-order valence-electron chi connectivity index (χ2n) is 7.00. The summed E-state index contributed by atoms with van der Waals surface area (Å²) in [4.78, 5) is 2.66. The Kier molecular flexibility index (Phi) is 4.78. The zero-order valence-corrected chi connectivity index (χ0v) is 12.2. The van der Waals surface area contributed by atoms with Crippen LogP contribution >= 0.6 is 0 Å². The van der Waals surface area contributed by atoms with E-state index in [1.54, 1.807) is 0 Å². The molecule has 3 unspecified atom stereocenters. The summed E-state index contributed by atoms with van der Waals surface area (Å²) in [5, 5.41) is 13.0. The molecule has 0 bridgehead atoms. The number of nitrogens with zero attached hydrogens (tertiary/aromatic N) is 1. The van der Waals surface area contributed by atoms with Gasteiger partial charge in [-0.25, -0.2) is 0 Å². The molecule has 1 aliphatic heterocycles. The molecule has 0 radical (unpaired) electrons. The van der Waals surface area contributed by atoms with Crippen molar-refractivity contribution in [1.82, 2.24) is 10.2 Å². The predicted molar refractivity (Wildman–Crippen MR) is 78.2 cm³/mol. The van der Waals surface area contributed by atoms with Crippen molar-refractivity contribution < 1.29 is 5.11 Å². The second-order valence-corrected chi connectivity index (χ2v) is 7.00. The van der Waals surface area contributed by atoms with Crippen LogP contribution in [0.5, 0.6) is 0 Å². The molecule has 2 saturated carbocycles. The molecule has 0 aromatic heterocycles. The first kappa shape index (κ1) is 13.8. The number of piperidine rings is 1. The lowest BCUT2D eigenvalue weighted by molar-refractivity contribution is 0.0815. The molecule has 110 valence electrons. The second kappa shape index (κ2) is 6.55. The first-order valence-corrected chi connectivity index (χ1v) is 8.44. The van der Waals surface area contributed by atoms with Crippen molar-refractivity contribution in [3.63, 3.8) is 0 Å². The average Bonchev–Trinajstić information content (AvgIpc) is 3.27. The number of hydrogen-bond donors (Lipinski definition) is 2. The Morgan fingerprint density at radius 2 is 1.84 bits per heavy atom. The first-order valence-electron chi connectivity index (χ1n) is 8.44. The number of fused-ring (bicyclic) bond motifs is 1. The van der Waals surface area contributed by atoms with E-state index in [-0.39, 0.29) is 0 Å². The monoisotopic (exact) mass is 266 g/mol. The van der Waals surface area contributed by atoms with Gasteiger partial charge in [-0.05, 0) is 57.0 Å². The van der Waals surface area contributed by atoms with Crippen molar-refractivity contribution in [2.75, 3.05) is 26.2 Å². The minimum Gasteiger partial charge on any atom is -0.395 e. The number of likely N-dealkylation sites (tertiary alicyclic amines) is 1. The van der Waals surface area contributed by atoms with Crippen LogP contribution in [0.3, 0.4) is 0 Å². The van der Waals surface area contributed by atoms with Gasteiger partial charge in [0.2, 0.25) is 0 Å². The normalized spacial score (nSPS) is 33.9. The van der Waals surface area contributed by atoms with Gasteiger partial charge in [0.25, 0.3) is 0 Å². The number of nitrogens with one attached hydrogen (secondary N) is 1. The molecule has 0 aromatic carbocycles. The van der Waals surface area contributed by atoms with Gasteiger partial charge in [-0.3, -0.25) is 0 Å². The molecule has 3 atom stereocenters. The molecule has 3 fully saturated rings. The first-order chi connectivity index (χ1) is 9.35. The third-order valence-electron chi connectivity index (χ3n) is 5.44. The fourth-order valence-electron chi connectivity index (χ4n) is 4.03. The van der Waals surface area contributed by atoms with Crippen molar-refractivity contribution in [1.29, 1.82) is 0 Å². The average molecular weight is 266 g/mol. The van der Waals surface area contributed by atoms with Crippen molar-refractivity contribution >= 4 is 0 Å². The van der Waals surface area contributed by atoms with E-state index in [4.69, 9.17) is 0 Å². The van der Waals surface area contributed by atoms with Crippen LogP contribution in [-0.4, -0.2) is 48.3 Å². The fraction of sp³-hybridized carbons (Fsp3) is 1.00. The SMILES string of the molecule is OCC(CCN1CCC2CCCCC2C1)NC1CC1. The Morgan fingerprint density at radius 1 is 1.05 bits per heavy atom. The molecular weight excluding hydrogens is 236 g/mol. The lowest BCUT2D eigenvalue weighted by Gasteiger charge is -2.41. The van der Waals surface area contributed by atoms with Crippen LogP contribution in [0.2, 0.25) is 0 Å². The van der Waals surface area contributed by atoms with Crippen molar-refractivity contribution in [3.05, 3.63) is 0 Å². The topological polar surface area (TPSA) is 35.5 Å². The molecule has 2 N–H and O–H groups in total. The molecule has 0 amide bonds. The Balaban J connectivity index is 1.39. The van der Waals surface area contributed by atoms with Gasteiger partial charge < -0.3 is 15.3 Å². The maximum Gasteiger partial charge on any atom is 0.0585 e. The molecular formula is C16H30N2O. The van der Waals surface area contributed by atoms with Gasteiger partial charge >= 0.3 is 0 Å². The van der Waals surface area contributed by atoms with Crippen LogP contribution in [-0.2, 0) is 0 Å². The summed E-state index contributed by atoms with van der Waals surface area (Å²) in [6.07, 6.45) is 11.0. The lowest BCUT2D eigenvalue weighted by atomic mass is 9.75. The molecule has 1 heterocycles. The zero-order chi connectivity index (χ0) is 13.1. The van der Waals surface area contributed by atoms with Gasteiger partial charge in [-0.1, -0.05) is 19.3 Å². The van der Waals surface area contributed by atoms with E-state index in [0.717, 1.165) is 18.3 Å². The molecule has 3 nitrogen and oxygen atoms in total. The van der Waals surface area contributed by atoms with Crippen LogP contribution in [0.15, 0.2) is 0 Å². The molecule has 0 spiro atoms. The number of aliphatic hydroxyl groups excluding tert-OH is 1. The van der Waals surface area contributed by atoms with E-state index in [9.17, 15) is 5.11 Å². The van der Waals surface area contributed by atoms with Crippen molar-refractivity contribution in [2.45, 2.75) is 63.5 Å². The number of aliphatic hydroxyl groups is 1. The van der Waals surface area contributed by atoms with Gasteiger partial charge in [0.1, 0.15) is 0 Å². The van der Waals surface area contributed by atoms with Crippen LogP contribution < -0.4 is 5.32 Å². The van der Waals surface area contributed by atoms with E-state index in [0.29, 0.717) is 18.7 Å². The Morgan fingerprint density at radius 3 is 2.58 bits per heavy atom. The van der Waals surface area contributed by atoms with Crippen LogP contribution in [0.25, 0.3) is 0 Å². The quantitative estimate of drug-likeness (QED) is 0.772. The summed E-state index contributed by atoms with van der Waals surface area (Å²) in [6, 6.07) is 1.04. The maximum atomic E-state index is 9.44. The molecule has 0 aromatic rings. The summed E-state index contributed by atoms with van der Waals surface area (Å²) >= 11 is 0. The third kappa shape index (κ3) is 3.93. The Labute approximate surface area is 117 Å². The minimum atomic E-state index is 0.302. The highest BCUT2D eigenvalue weighted by Gasteiger charge is 2.31. The molecule has 3 heteroatoms. The molecule has 1 saturated heterocycles. The summed E-state index contributed by atoms with van der Waals surface area (Å²) in [7, 11) is 0. The van der Waals surface area contributed by atoms with E-state index < -0.39 is 0 Å². The molecule has 2 aliphatic carbocycles. The molecule has 3 rings (SSSR count). The standard InChI is InChI=1S/C16H30N2O/c19-12-16(17-15-5-6-15)8-10-18-9-7-13-3-1-2-4-14(13)11-18/h13-17,19H,1-12H2. The van der Waals surface area contributed by atoms with E-state index in [1.807, 2.05) is 0 Å². The van der Waals surface area contributed by atoms with Gasteiger partial charge in [-0.2, -0.15) is 0 Å². The van der Waals surface area contributed by atoms with E-state index in [2.05, 4.69) is 10.2 Å². The van der Waals surface area contributed by atoms with Gasteiger partial charge in [0.05, 0.1) is 6.61 Å². The Bertz CT molecular complexity index is 280. The summed E-state index contributed by atoms with van der Waals surface area (Å²) in [6.45, 7) is 4.10. The van der Waals surface area contributed by atoms with Crippen LogP contribution in [0.4, 0.5) is 0 Å². The summed E-state index contributed by atoms with van der Waals surface area (Å²) < 4.78 is 0. The third-order valence-corrected chi connectivity index (χ3v) is 5.44. The lowest BCUT2D eigenvalue weighted by Crippen LogP contribution is -2.44. The van der Waals surface area contributed by atoms with Crippen LogP contribution in [0.1, 0.15) is 51.4 Å². The fourth-order valence-corrected chi connectivity index (χ4v) is 4.03. The number of rotatable bonds is 6. The highest BCUT2D eigenvalue weighted by molar-refractivity contribution is 4.87. The van der Waals surface area contributed by atoms with Crippen molar-refractivity contribution in [2.24, 2.45) is 11.8 Å². The van der Waals surface area contributed by atoms with E-state index >= 15 is 0 Å². The zero-order valence-electron chi connectivity index (χ0n) is 12.2. The van der Waals surface area contributed by atoms with E-state index in [1.165, 1.54) is 64.6 Å². The van der Waals surface area contributed by atoms with Gasteiger partial charge in [0, 0.05) is 18.6 Å². The maximum absolute atomic E-state index is 9.44. The predicted octanol–water partition coefficient (Wildman–Crippen LogP) is 2.00. The molecule has 3 aliphatic rings. The van der Waals surface area contributed by atoms with Crippen LogP contribution in [0, 0.1) is 11.8 Å². The largest absolute Gasteiger partial charge is 0.395 e. The summed E-state index contributed by atoms with van der Waals surface area (Å²) in [5.41, 5.74) is 0. The number of hydrogen-bond acceptors (Lipinski definition) is 3. The highest BCUT2D eigenvalue weighted by atomic mass is 16.3.